The third kappa shape index (κ3) is 3.25. The highest BCUT2D eigenvalue weighted by molar-refractivity contribution is 5.31. The molecule has 0 atom stereocenters. The third-order valence-corrected chi connectivity index (χ3v) is 2.50. The fourth-order valence-electron chi connectivity index (χ4n) is 1.42. The lowest BCUT2D eigenvalue weighted by Gasteiger charge is -2.04. The summed E-state index contributed by atoms with van der Waals surface area (Å²) in [4.78, 5) is 0. The standard InChI is InChI=1S/C13H18O/c1-3-11(2)7-6-9-12-8-4-5-10-13(12)14/h3-5,8,10,14H,6-7,9H2,1-2H3. The number of benzene rings is 1. The lowest BCUT2D eigenvalue weighted by Crippen LogP contribution is -1.87. The summed E-state index contributed by atoms with van der Waals surface area (Å²) in [5, 5.41) is 9.52. The topological polar surface area (TPSA) is 20.2 Å². The van der Waals surface area contributed by atoms with E-state index in [0.29, 0.717) is 5.75 Å². The Labute approximate surface area is 86.1 Å². The highest BCUT2D eigenvalue weighted by atomic mass is 16.3. The Morgan fingerprint density at radius 3 is 2.71 bits per heavy atom. The molecule has 0 aliphatic carbocycles. The van der Waals surface area contributed by atoms with Crippen LogP contribution in [0.1, 0.15) is 32.3 Å². The van der Waals surface area contributed by atoms with Crippen molar-refractivity contribution in [3.63, 3.8) is 0 Å². The molecule has 1 nitrogen and oxygen atoms in total. The number of aromatic hydroxyl groups is 1. The summed E-state index contributed by atoms with van der Waals surface area (Å²) in [5.41, 5.74) is 2.47. The van der Waals surface area contributed by atoms with Gasteiger partial charge in [-0.15, -0.1) is 0 Å². The summed E-state index contributed by atoms with van der Waals surface area (Å²) in [6.45, 7) is 4.21. The maximum Gasteiger partial charge on any atom is 0.118 e. The maximum atomic E-state index is 9.52. The summed E-state index contributed by atoms with van der Waals surface area (Å²) in [6.07, 6.45) is 5.32. The first-order valence-corrected chi connectivity index (χ1v) is 5.12. The van der Waals surface area contributed by atoms with Gasteiger partial charge in [-0.25, -0.2) is 0 Å². The van der Waals surface area contributed by atoms with Crippen LogP contribution in [0, 0.1) is 0 Å². The lowest BCUT2D eigenvalue weighted by atomic mass is 10.0. The van der Waals surface area contributed by atoms with Crippen LogP contribution in [0.2, 0.25) is 0 Å². The fourth-order valence-corrected chi connectivity index (χ4v) is 1.42. The zero-order chi connectivity index (χ0) is 10.4. The molecule has 0 saturated heterocycles. The molecule has 1 aromatic carbocycles. The molecule has 0 aliphatic heterocycles. The quantitative estimate of drug-likeness (QED) is 0.718. The summed E-state index contributed by atoms with van der Waals surface area (Å²) in [7, 11) is 0. The van der Waals surface area contributed by atoms with Crippen molar-refractivity contribution in [3.05, 3.63) is 41.5 Å². The van der Waals surface area contributed by atoms with Gasteiger partial charge in [0.15, 0.2) is 0 Å². The average Bonchev–Trinajstić information content (AvgIpc) is 2.20. The largest absolute Gasteiger partial charge is 0.508 e. The Morgan fingerprint density at radius 1 is 1.36 bits per heavy atom. The molecule has 1 N–H and O–H groups in total. The monoisotopic (exact) mass is 190 g/mol. The number of phenolic OH excluding ortho intramolecular Hbond substituents is 1. The number of allylic oxidation sites excluding steroid dienone is 2. The Balaban J connectivity index is 2.43. The number of phenols is 1. The van der Waals surface area contributed by atoms with Gasteiger partial charge in [-0.2, -0.15) is 0 Å². The number of rotatable bonds is 4. The van der Waals surface area contributed by atoms with Crippen molar-refractivity contribution in [2.24, 2.45) is 0 Å². The van der Waals surface area contributed by atoms with Gasteiger partial charge >= 0.3 is 0 Å². The van der Waals surface area contributed by atoms with E-state index < -0.39 is 0 Å². The van der Waals surface area contributed by atoms with Crippen LogP contribution in [0.4, 0.5) is 0 Å². The van der Waals surface area contributed by atoms with Gasteiger partial charge in [-0.3, -0.25) is 0 Å². The van der Waals surface area contributed by atoms with E-state index in [2.05, 4.69) is 19.9 Å². The van der Waals surface area contributed by atoms with Crippen LogP contribution in [0.15, 0.2) is 35.9 Å². The summed E-state index contributed by atoms with van der Waals surface area (Å²) in [6, 6.07) is 7.56. The van der Waals surface area contributed by atoms with Gasteiger partial charge < -0.3 is 5.11 Å². The van der Waals surface area contributed by atoms with Crippen molar-refractivity contribution >= 4 is 0 Å². The predicted molar refractivity (Wildman–Crippen MR) is 60.5 cm³/mol. The minimum absolute atomic E-state index is 0.422. The normalized spacial score (nSPS) is 11.7. The molecule has 0 radical (unpaired) electrons. The van der Waals surface area contributed by atoms with E-state index in [9.17, 15) is 5.11 Å². The Bertz CT molecular complexity index is 313. The van der Waals surface area contributed by atoms with Gasteiger partial charge in [0.1, 0.15) is 5.75 Å². The van der Waals surface area contributed by atoms with E-state index >= 15 is 0 Å². The molecule has 0 unspecified atom stereocenters. The van der Waals surface area contributed by atoms with E-state index in [1.165, 1.54) is 5.57 Å². The zero-order valence-electron chi connectivity index (χ0n) is 8.96. The second-order valence-electron chi connectivity index (χ2n) is 3.62. The molecule has 1 rings (SSSR count). The molecule has 1 heteroatoms. The second-order valence-corrected chi connectivity index (χ2v) is 3.62. The second kappa shape index (κ2) is 5.48. The maximum absolute atomic E-state index is 9.52. The first-order chi connectivity index (χ1) is 6.74. The van der Waals surface area contributed by atoms with Gasteiger partial charge in [0.05, 0.1) is 0 Å². The van der Waals surface area contributed by atoms with Crippen LogP contribution in [0.25, 0.3) is 0 Å². The fraction of sp³-hybridized carbons (Fsp3) is 0.385. The molecule has 0 spiro atoms. The molecule has 0 heterocycles. The van der Waals surface area contributed by atoms with Crippen molar-refractivity contribution in [2.75, 3.05) is 0 Å². The van der Waals surface area contributed by atoms with Crippen LogP contribution < -0.4 is 0 Å². The van der Waals surface area contributed by atoms with Gasteiger partial charge in [0, 0.05) is 0 Å². The molecule has 0 amide bonds. The first-order valence-electron chi connectivity index (χ1n) is 5.12. The zero-order valence-corrected chi connectivity index (χ0v) is 8.96. The minimum atomic E-state index is 0.422. The van der Waals surface area contributed by atoms with Crippen molar-refractivity contribution in [2.45, 2.75) is 33.1 Å². The summed E-state index contributed by atoms with van der Waals surface area (Å²) >= 11 is 0. The average molecular weight is 190 g/mol. The Morgan fingerprint density at radius 2 is 2.07 bits per heavy atom. The molecular weight excluding hydrogens is 172 g/mol. The van der Waals surface area contributed by atoms with Crippen molar-refractivity contribution in [1.29, 1.82) is 0 Å². The molecule has 14 heavy (non-hydrogen) atoms. The number of hydrogen-bond donors (Lipinski definition) is 1. The number of aryl methyl sites for hydroxylation is 1. The smallest absolute Gasteiger partial charge is 0.118 e. The Kier molecular flexibility index (Phi) is 4.24. The van der Waals surface area contributed by atoms with Crippen molar-refractivity contribution in [3.8, 4) is 5.75 Å². The molecular formula is C13H18O. The van der Waals surface area contributed by atoms with Crippen molar-refractivity contribution < 1.29 is 5.11 Å². The first kappa shape index (κ1) is 10.8. The van der Waals surface area contributed by atoms with E-state index in [1.807, 2.05) is 18.2 Å². The molecule has 1 aromatic rings. The van der Waals surface area contributed by atoms with E-state index in [4.69, 9.17) is 0 Å². The van der Waals surface area contributed by atoms with Gasteiger partial charge in [-0.05, 0) is 44.7 Å². The molecule has 0 saturated carbocycles. The number of hydrogen-bond acceptors (Lipinski definition) is 1. The highest BCUT2D eigenvalue weighted by Crippen LogP contribution is 2.18. The molecule has 76 valence electrons. The third-order valence-electron chi connectivity index (χ3n) is 2.50. The van der Waals surface area contributed by atoms with Gasteiger partial charge in [-0.1, -0.05) is 29.8 Å². The Hall–Kier alpha value is -1.24. The SMILES string of the molecule is CC=C(C)CCCc1ccccc1O. The van der Waals surface area contributed by atoms with E-state index in [-0.39, 0.29) is 0 Å². The van der Waals surface area contributed by atoms with E-state index in [0.717, 1.165) is 24.8 Å². The van der Waals surface area contributed by atoms with Gasteiger partial charge in [0.2, 0.25) is 0 Å². The molecule has 0 bridgehead atoms. The summed E-state index contributed by atoms with van der Waals surface area (Å²) < 4.78 is 0. The van der Waals surface area contributed by atoms with Crippen LogP contribution in [0.3, 0.4) is 0 Å². The molecule has 0 fully saturated rings. The highest BCUT2D eigenvalue weighted by Gasteiger charge is 1.98. The van der Waals surface area contributed by atoms with E-state index in [1.54, 1.807) is 6.07 Å². The van der Waals surface area contributed by atoms with Crippen LogP contribution in [0.5, 0.6) is 5.75 Å². The lowest BCUT2D eigenvalue weighted by molar-refractivity contribution is 0.467. The number of para-hydroxylation sites is 1. The molecule has 0 aliphatic rings. The van der Waals surface area contributed by atoms with Gasteiger partial charge in [0.25, 0.3) is 0 Å². The van der Waals surface area contributed by atoms with Crippen molar-refractivity contribution in [1.82, 2.24) is 0 Å². The minimum Gasteiger partial charge on any atom is -0.508 e. The van der Waals surface area contributed by atoms with Crippen LogP contribution in [-0.2, 0) is 6.42 Å². The van der Waals surface area contributed by atoms with Crippen LogP contribution >= 0.6 is 0 Å². The van der Waals surface area contributed by atoms with Crippen LogP contribution in [-0.4, -0.2) is 5.11 Å². The summed E-state index contributed by atoms with van der Waals surface area (Å²) in [5.74, 6) is 0.422. The predicted octanol–water partition coefficient (Wildman–Crippen LogP) is 3.68. The molecule has 0 aromatic heterocycles.